The predicted octanol–water partition coefficient (Wildman–Crippen LogP) is 3.39. The summed E-state index contributed by atoms with van der Waals surface area (Å²) in [6.07, 6.45) is 3.50. The monoisotopic (exact) mass is 245 g/mol. The van der Waals surface area contributed by atoms with Gasteiger partial charge in [-0.1, -0.05) is 32.4 Å². The van der Waals surface area contributed by atoms with Gasteiger partial charge in [-0.2, -0.15) is 0 Å². The Kier molecular flexibility index (Phi) is 4.15. The molecule has 0 radical (unpaired) electrons. The Labute approximate surface area is 107 Å². The fraction of sp³-hybridized carbons (Fsp3) is 0.400. The van der Waals surface area contributed by atoms with Crippen LogP contribution in [0.1, 0.15) is 37.0 Å². The van der Waals surface area contributed by atoms with Gasteiger partial charge >= 0.3 is 0 Å². The molecular weight excluding hydrogens is 226 g/mol. The highest BCUT2D eigenvalue weighted by Gasteiger charge is 2.18. The summed E-state index contributed by atoms with van der Waals surface area (Å²) < 4.78 is 5.34. The maximum atomic E-state index is 12.4. The fourth-order valence-corrected chi connectivity index (χ4v) is 2.17. The van der Waals surface area contributed by atoms with Crippen LogP contribution in [0.3, 0.4) is 0 Å². The van der Waals surface area contributed by atoms with Gasteiger partial charge in [-0.3, -0.25) is 4.79 Å². The normalized spacial score (nSPS) is 12.8. The molecule has 0 aliphatic rings. The summed E-state index contributed by atoms with van der Waals surface area (Å²) in [5, 5.41) is 4.27. The van der Waals surface area contributed by atoms with Crippen LogP contribution in [0.15, 0.2) is 34.9 Å². The van der Waals surface area contributed by atoms with Crippen molar-refractivity contribution in [2.24, 2.45) is 0 Å². The van der Waals surface area contributed by atoms with Crippen LogP contribution >= 0.6 is 0 Å². The van der Waals surface area contributed by atoms with Gasteiger partial charge in [0.25, 0.3) is 0 Å². The number of likely N-dealkylation sites (N-methyl/N-ethyl adjacent to an activating group) is 1. The van der Waals surface area contributed by atoms with Crippen LogP contribution in [0.5, 0.6) is 0 Å². The molecule has 1 aromatic heterocycles. The second-order valence-corrected chi connectivity index (χ2v) is 4.44. The number of ketones is 1. The van der Waals surface area contributed by atoms with Crippen molar-refractivity contribution in [3.8, 4) is 0 Å². The topological polar surface area (TPSA) is 42.2 Å². The minimum absolute atomic E-state index is 0.0904. The third-order valence-electron chi connectivity index (χ3n) is 3.09. The number of rotatable bonds is 6. The molecule has 0 aliphatic carbocycles. The highest BCUT2D eigenvalue weighted by molar-refractivity contribution is 6.02. The molecule has 96 valence electrons. The standard InChI is InChI=1S/C15H19NO2/c1-3-5-13(16-4-2)15(17)12-7-6-11-8-9-18-14(11)10-12/h6-10,13,16H,3-5H2,1-2H3. The second-order valence-electron chi connectivity index (χ2n) is 4.44. The van der Waals surface area contributed by atoms with Gasteiger partial charge in [0.15, 0.2) is 5.78 Å². The zero-order valence-corrected chi connectivity index (χ0v) is 10.9. The molecule has 2 aromatic rings. The summed E-state index contributed by atoms with van der Waals surface area (Å²) >= 11 is 0. The summed E-state index contributed by atoms with van der Waals surface area (Å²) in [5.74, 6) is 0.150. The van der Waals surface area contributed by atoms with Gasteiger partial charge in [-0.05, 0) is 25.1 Å². The van der Waals surface area contributed by atoms with Crippen molar-refractivity contribution in [1.29, 1.82) is 0 Å². The molecule has 1 atom stereocenters. The van der Waals surface area contributed by atoms with Gasteiger partial charge in [-0.25, -0.2) is 0 Å². The molecule has 0 saturated carbocycles. The summed E-state index contributed by atoms with van der Waals surface area (Å²) in [4.78, 5) is 12.4. The van der Waals surface area contributed by atoms with Crippen LogP contribution in [0.4, 0.5) is 0 Å². The Morgan fingerprint density at radius 2 is 2.17 bits per heavy atom. The van der Waals surface area contributed by atoms with Crippen molar-refractivity contribution in [2.75, 3.05) is 6.54 Å². The Bertz CT molecular complexity index is 524. The summed E-state index contributed by atoms with van der Waals surface area (Å²) in [6.45, 7) is 4.92. The summed E-state index contributed by atoms with van der Waals surface area (Å²) in [5.41, 5.74) is 1.49. The zero-order chi connectivity index (χ0) is 13.0. The van der Waals surface area contributed by atoms with E-state index in [1.54, 1.807) is 6.26 Å². The van der Waals surface area contributed by atoms with Gasteiger partial charge in [0.2, 0.25) is 0 Å². The lowest BCUT2D eigenvalue weighted by Crippen LogP contribution is -2.36. The molecule has 3 nitrogen and oxygen atoms in total. The lowest BCUT2D eigenvalue weighted by molar-refractivity contribution is 0.0938. The maximum absolute atomic E-state index is 12.4. The van der Waals surface area contributed by atoms with Crippen LogP contribution in [-0.4, -0.2) is 18.4 Å². The first kappa shape index (κ1) is 12.8. The predicted molar refractivity (Wildman–Crippen MR) is 72.9 cm³/mol. The molecule has 1 aromatic carbocycles. The number of carbonyl (C=O) groups excluding carboxylic acids is 1. The van der Waals surface area contributed by atoms with E-state index in [1.807, 2.05) is 31.2 Å². The van der Waals surface area contributed by atoms with Crippen molar-refractivity contribution in [3.05, 3.63) is 36.1 Å². The number of carbonyl (C=O) groups is 1. The first-order chi connectivity index (χ1) is 8.76. The minimum Gasteiger partial charge on any atom is -0.464 e. The molecule has 0 saturated heterocycles. The molecule has 1 heterocycles. The molecule has 1 unspecified atom stereocenters. The van der Waals surface area contributed by atoms with E-state index >= 15 is 0 Å². The van der Waals surface area contributed by atoms with Crippen LogP contribution in [0.2, 0.25) is 0 Å². The number of furan rings is 1. The Morgan fingerprint density at radius 3 is 2.89 bits per heavy atom. The van der Waals surface area contributed by atoms with E-state index in [0.29, 0.717) is 0 Å². The van der Waals surface area contributed by atoms with E-state index in [4.69, 9.17) is 4.42 Å². The number of benzene rings is 1. The van der Waals surface area contributed by atoms with Gasteiger partial charge in [0.05, 0.1) is 12.3 Å². The molecule has 1 N–H and O–H groups in total. The van der Waals surface area contributed by atoms with Crippen molar-refractivity contribution in [1.82, 2.24) is 5.32 Å². The SMILES string of the molecule is CCCC(NCC)C(=O)c1ccc2ccoc2c1. The fourth-order valence-electron chi connectivity index (χ4n) is 2.17. The number of Topliss-reactive ketones (excluding diaryl/α,β-unsaturated/α-hetero) is 1. The van der Waals surface area contributed by atoms with E-state index in [2.05, 4.69) is 12.2 Å². The lowest BCUT2D eigenvalue weighted by atomic mass is 10.00. The maximum Gasteiger partial charge on any atom is 0.179 e. The van der Waals surface area contributed by atoms with E-state index < -0.39 is 0 Å². The smallest absolute Gasteiger partial charge is 0.179 e. The van der Waals surface area contributed by atoms with Gasteiger partial charge in [-0.15, -0.1) is 0 Å². The number of fused-ring (bicyclic) bond motifs is 1. The molecule has 0 bridgehead atoms. The molecule has 0 amide bonds. The third kappa shape index (κ3) is 2.62. The lowest BCUT2D eigenvalue weighted by Gasteiger charge is -2.15. The number of nitrogens with one attached hydrogen (secondary N) is 1. The molecule has 0 spiro atoms. The van der Waals surface area contributed by atoms with E-state index in [1.165, 1.54) is 0 Å². The van der Waals surface area contributed by atoms with Crippen molar-refractivity contribution in [2.45, 2.75) is 32.7 Å². The Balaban J connectivity index is 2.24. The molecule has 0 fully saturated rings. The number of hydrogen-bond donors (Lipinski definition) is 1. The van der Waals surface area contributed by atoms with Crippen LogP contribution in [0, 0.1) is 0 Å². The Hall–Kier alpha value is -1.61. The van der Waals surface area contributed by atoms with E-state index in [9.17, 15) is 4.79 Å². The van der Waals surface area contributed by atoms with Crippen molar-refractivity contribution in [3.63, 3.8) is 0 Å². The summed E-state index contributed by atoms with van der Waals surface area (Å²) in [6, 6.07) is 7.45. The molecular formula is C15H19NO2. The van der Waals surface area contributed by atoms with Crippen LogP contribution in [0.25, 0.3) is 11.0 Å². The molecule has 3 heteroatoms. The quantitative estimate of drug-likeness (QED) is 0.793. The zero-order valence-electron chi connectivity index (χ0n) is 10.9. The van der Waals surface area contributed by atoms with E-state index in [-0.39, 0.29) is 11.8 Å². The molecule has 0 aliphatic heterocycles. The average molecular weight is 245 g/mol. The minimum atomic E-state index is -0.0904. The second kappa shape index (κ2) is 5.83. The first-order valence-electron chi connectivity index (χ1n) is 6.51. The van der Waals surface area contributed by atoms with Gasteiger partial charge < -0.3 is 9.73 Å². The molecule has 2 rings (SSSR count). The van der Waals surface area contributed by atoms with Gasteiger partial charge in [0.1, 0.15) is 5.58 Å². The highest BCUT2D eigenvalue weighted by Crippen LogP contribution is 2.18. The Morgan fingerprint density at radius 1 is 1.33 bits per heavy atom. The van der Waals surface area contributed by atoms with Gasteiger partial charge in [0, 0.05) is 10.9 Å². The van der Waals surface area contributed by atoms with Crippen LogP contribution < -0.4 is 5.32 Å². The first-order valence-corrected chi connectivity index (χ1v) is 6.51. The summed E-state index contributed by atoms with van der Waals surface area (Å²) in [7, 11) is 0. The van der Waals surface area contributed by atoms with Crippen LogP contribution in [-0.2, 0) is 0 Å². The number of hydrogen-bond acceptors (Lipinski definition) is 3. The highest BCUT2D eigenvalue weighted by atomic mass is 16.3. The third-order valence-corrected chi connectivity index (χ3v) is 3.09. The van der Waals surface area contributed by atoms with Crippen molar-refractivity contribution >= 4 is 16.8 Å². The molecule has 18 heavy (non-hydrogen) atoms. The van der Waals surface area contributed by atoms with Crippen molar-refractivity contribution < 1.29 is 9.21 Å². The average Bonchev–Trinajstić information content (AvgIpc) is 2.84. The van der Waals surface area contributed by atoms with E-state index in [0.717, 1.165) is 35.9 Å². The largest absolute Gasteiger partial charge is 0.464 e.